The summed E-state index contributed by atoms with van der Waals surface area (Å²) >= 11 is 1.85. The smallest absolute Gasteiger partial charge is 0.164 e. The summed E-state index contributed by atoms with van der Waals surface area (Å²) in [5.41, 5.74) is 10.3. The first-order chi connectivity index (χ1) is 23.4. The van der Waals surface area contributed by atoms with Gasteiger partial charge in [-0.25, -0.2) is 15.0 Å². The summed E-state index contributed by atoms with van der Waals surface area (Å²) in [6.07, 6.45) is 6.78. The first-order valence-electron chi connectivity index (χ1n) is 16.4. The molecular formula is C44H35N3S. The number of aromatic nitrogens is 3. The van der Waals surface area contributed by atoms with Gasteiger partial charge >= 0.3 is 0 Å². The number of thiophene rings is 1. The van der Waals surface area contributed by atoms with Crippen LogP contribution < -0.4 is 0 Å². The average Bonchev–Trinajstić information content (AvgIpc) is 3.58. The Labute approximate surface area is 285 Å². The molecule has 8 rings (SSSR count). The lowest BCUT2D eigenvalue weighted by molar-refractivity contribution is 0.660. The maximum atomic E-state index is 5.04. The highest BCUT2D eigenvalue weighted by atomic mass is 32.1. The van der Waals surface area contributed by atoms with Gasteiger partial charge in [0.05, 0.1) is 0 Å². The van der Waals surface area contributed by atoms with Gasteiger partial charge in [-0.2, -0.15) is 0 Å². The van der Waals surface area contributed by atoms with Gasteiger partial charge in [0.15, 0.2) is 17.5 Å². The third kappa shape index (κ3) is 5.29. The van der Waals surface area contributed by atoms with Crippen molar-refractivity contribution in [2.24, 2.45) is 0 Å². The Morgan fingerprint density at radius 1 is 0.667 bits per heavy atom. The van der Waals surface area contributed by atoms with Crippen LogP contribution in [0.5, 0.6) is 0 Å². The molecule has 5 aromatic carbocycles. The molecular weight excluding hydrogens is 603 g/mol. The summed E-state index contributed by atoms with van der Waals surface area (Å²) in [5.74, 6) is 1.96. The molecule has 2 aromatic heterocycles. The van der Waals surface area contributed by atoms with Crippen molar-refractivity contribution in [3.63, 3.8) is 0 Å². The minimum absolute atomic E-state index is 0.238. The van der Waals surface area contributed by atoms with Gasteiger partial charge in [0.2, 0.25) is 0 Å². The molecule has 0 amide bonds. The monoisotopic (exact) mass is 637 g/mol. The Morgan fingerprint density at radius 3 is 2.00 bits per heavy atom. The van der Waals surface area contributed by atoms with E-state index >= 15 is 0 Å². The van der Waals surface area contributed by atoms with E-state index in [0.717, 1.165) is 16.7 Å². The molecule has 0 saturated carbocycles. The van der Waals surface area contributed by atoms with Crippen molar-refractivity contribution in [1.82, 2.24) is 15.0 Å². The lowest BCUT2D eigenvalue weighted by atomic mass is 9.80. The van der Waals surface area contributed by atoms with Crippen molar-refractivity contribution in [2.75, 3.05) is 0 Å². The van der Waals surface area contributed by atoms with Crippen molar-refractivity contribution in [1.29, 1.82) is 0 Å². The van der Waals surface area contributed by atoms with E-state index in [1.165, 1.54) is 53.6 Å². The largest absolute Gasteiger partial charge is 0.209 e. The van der Waals surface area contributed by atoms with Gasteiger partial charge in [-0.3, -0.25) is 0 Å². The molecule has 4 heteroatoms. The zero-order valence-electron chi connectivity index (χ0n) is 27.5. The molecule has 7 aromatic rings. The van der Waals surface area contributed by atoms with Crippen molar-refractivity contribution >= 4 is 48.7 Å². The summed E-state index contributed by atoms with van der Waals surface area (Å²) in [7, 11) is 0. The number of hydrogen-bond donors (Lipinski definition) is 0. The maximum Gasteiger partial charge on any atom is 0.164 e. The van der Waals surface area contributed by atoms with Crippen LogP contribution in [0.25, 0.3) is 60.2 Å². The van der Waals surface area contributed by atoms with Crippen molar-refractivity contribution in [2.45, 2.75) is 33.1 Å². The van der Waals surface area contributed by atoms with E-state index in [1.807, 2.05) is 47.7 Å². The van der Waals surface area contributed by atoms with E-state index in [2.05, 4.69) is 131 Å². The van der Waals surface area contributed by atoms with Crippen LogP contribution in [0.2, 0.25) is 0 Å². The lowest BCUT2D eigenvalue weighted by Crippen LogP contribution is -2.15. The second-order valence-corrected chi connectivity index (χ2v) is 14.0. The second kappa shape index (κ2) is 12.0. The van der Waals surface area contributed by atoms with Crippen LogP contribution in [0.15, 0.2) is 139 Å². The fourth-order valence-electron chi connectivity index (χ4n) is 6.86. The predicted octanol–water partition coefficient (Wildman–Crippen LogP) is 11.7. The van der Waals surface area contributed by atoms with Crippen LogP contribution in [0.4, 0.5) is 0 Å². The Morgan fingerprint density at radius 2 is 1.31 bits per heavy atom. The highest BCUT2D eigenvalue weighted by Gasteiger charge is 2.38. The van der Waals surface area contributed by atoms with E-state index in [-0.39, 0.29) is 5.41 Å². The van der Waals surface area contributed by atoms with E-state index in [9.17, 15) is 0 Å². The third-order valence-electron chi connectivity index (χ3n) is 9.41. The maximum absolute atomic E-state index is 5.04. The zero-order valence-corrected chi connectivity index (χ0v) is 28.3. The standard InChI is InChI=1S/C44H35N3S/c1-5-29(32-21-23-40-36(25-32)34-18-12-13-19-39(34)48-40)26-38-35(33-22-20-28(2)24-37(33)44(38,3)4)27-41-45-42(30-14-8-6-9-15-30)47-43(46-41)31-16-10-7-11-17-31/h5-27H,1-4H3/b29-5+,35-27?,38-26+. The Kier molecular flexibility index (Phi) is 7.46. The zero-order chi connectivity index (χ0) is 32.8. The SMILES string of the molecule is C/C=C(\C=C1/C(=Cc2nc(-c3ccccc3)nc(-c3ccccc3)n2)c2ccc(C)cc2C1(C)C)c1ccc2sc3ccccc3c2c1. The van der Waals surface area contributed by atoms with Gasteiger partial charge in [-0.05, 0) is 77.6 Å². The summed E-state index contributed by atoms with van der Waals surface area (Å²) in [6.45, 7) is 8.97. The number of hydrogen-bond acceptors (Lipinski definition) is 4. The second-order valence-electron chi connectivity index (χ2n) is 12.9. The number of benzene rings is 5. The molecule has 0 unspecified atom stereocenters. The summed E-state index contributed by atoms with van der Waals surface area (Å²) < 4.78 is 2.63. The molecule has 0 fully saturated rings. The Bertz CT molecular complexity index is 2370. The number of rotatable bonds is 5. The molecule has 0 saturated heterocycles. The van der Waals surface area contributed by atoms with Gasteiger partial charge in [-0.15, -0.1) is 11.3 Å². The molecule has 232 valence electrons. The topological polar surface area (TPSA) is 38.7 Å². The molecule has 1 aliphatic rings. The normalized spacial score (nSPS) is 15.9. The van der Waals surface area contributed by atoms with Gasteiger partial charge in [0, 0.05) is 36.7 Å². The van der Waals surface area contributed by atoms with Gasteiger partial charge in [0.25, 0.3) is 0 Å². The minimum atomic E-state index is -0.238. The number of fused-ring (bicyclic) bond motifs is 4. The van der Waals surface area contributed by atoms with Crippen LogP contribution in [-0.2, 0) is 5.41 Å². The average molecular weight is 638 g/mol. The van der Waals surface area contributed by atoms with E-state index in [1.54, 1.807) is 0 Å². The molecule has 1 aliphatic carbocycles. The number of allylic oxidation sites excluding steroid dienone is 5. The van der Waals surface area contributed by atoms with Gasteiger partial charge < -0.3 is 0 Å². The lowest BCUT2D eigenvalue weighted by Gasteiger charge is -2.23. The van der Waals surface area contributed by atoms with Crippen LogP contribution in [0.1, 0.15) is 48.8 Å². The van der Waals surface area contributed by atoms with Gasteiger partial charge in [-0.1, -0.05) is 129 Å². The first-order valence-corrected chi connectivity index (χ1v) is 17.2. The minimum Gasteiger partial charge on any atom is -0.209 e. The highest BCUT2D eigenvalue weighted by molar-refractivity contribution is 7.25. The third-order valence-corrected chi connectivity index (χ3v) is 10.6. The first kappa shape index (κ1) is 29.9. The fourth-order valence-corrected chi connectivity index (χ4v) is 7.95. The molecule has 0 N–H and O–H groups in total. The molecule has 0 aliphatic heterocycles. The molecule has 0 spiro atoms. The van der Waals surface area contributed by atoms with E-state index in [0.29, 0.717) is 17.5 Å². The molecule has 0 radical (unpaired) electrons. The highest BCUT2D eigenvalue weighted by Crippen LogP contribution is 2.51. The fraction of sp³-hybridized carbons (Fsp3) is 0.114. The van der Waals surface area contributed by atoms with Crippen molar-refractivity contribution < 1.29 is 0 Å². The Balaban J connectivity index is 1.32. The number of nitrogens with zero attached hydrogens (tertiary/aromatic N) is 3. The molecule has 48 heavy (non-hydrogen) atoms. The summed E-state index contributed by atoms with van der Waals surface area (Å²) in [6, 6.07) is 42.7. The van der Waals surface area contributed by atoms with E-state index in [4.69, 9.17) is 15.0 Å². The van der Waals surface area contributed by atoms with Crippen LogP contribution in [0, 0.1) is 6.92 Å². The molecule has 0 bridgehead atoms. The van der Waals surface area contributed by atoms with Crippen LogP contribution in [0.3, 0.4) is 0 Å². The van der Waals surface area contributed by atoms with Crippen LogP contribution >= 0.6 is 11.3 Å². The summed E-state index contributed by atoms with van der Waals surface area (Å²) in [4.78, 5) is 15.0. The molecule has 2 heterocycles. The van der Waals surface area contributed by atoms with Gasteiger partial charge in [0.1, 0.15) is 0 Å². The Hall–Kier alpha value is -5.45. The molecule has 3 nitrogen and oxygen atoms in total. The van der Waals surface area contributed by atoms with Crippen molar-refractivity contribution in [3.8, 4) is 22.8 Å². The van der Waals surface area contributed by atoms with E-state index < -0.39 is 0 Å². The van der Waals surface area contributed by atoms with Crippen molar-refractivity contribution in [3.05, 3.63) is 167 Å². The number of aryl methyl sites for hydroxylation is 1. The van der Waals surface area contributed by atoms with Crippen LogP contribution in [-0.4, -0.2) is 15.0 Å². The predicted molar refractivity (Wildman–Crippen MR) is 204 cm³/mol. The summed E-state index contributed by atoms with van der Waals surface area (Å²) in [5, 5.41) is 2.61. The quantitative estimate of drug-likeness (QED) is 0.188. The molecule has 0 atom stereocenters.